The summed E-state index contributed by atoms with van der Waals surface area (Å²) in [5.74, 6) is 0.927. The quantitative estimate of drug-likeness (QED) is 0.224. The van der Waals surface area contributed by atoms with Gasteiger partial charge in [-0.25, -0.2) is 9.97 Å². The predicted octanol–water partition coefficient (Wildman–Crippen LogP) is 6.57. The van der Waals surface area contributed by atoms with Gasteiger partial charge in [0, 0.05) is 40.9 Å². The van der Waals surface area contributed by atoms with Crippen molar-refractivity contribution in [2.24, 2.45) is 0 Å². The first-order chi connectivity index (χ1) is 18.7. The Labute approximate surface area is 233 Å². The molecule has 6 rings (SSSR count). The molecule has 2 N–H and O–H groups in total. The number of hydrogen-bond acceptors (Lipinski definition) is 5. The van der Waals surface area contributed by atoms with Crippen LogP contribution in [0.5, 0.6) is 0 Å². The molecule has 1 fully saturated rings. The molecular weight excluding hydrogens is 534 g/mol. The second-order valence-corrected chi connectivity index (χ2v) is 11.3. The van der Waals surface area contributed by atoms with E-state index in [-0.39, 0.29) is 0 Å². The molecule has 0 bridgehead atoms. The van der Waals surface area contributed by atoms with E-state index in [1.807, 2.05) is 6.20 Å². The number of fused-ring (bicyclic) bond motifs is 3. The smallest absolute Gasteiger partial charge is 0.227 e. The average Bonchev–Trinajstić information content (AvgIpc) is 3.47. The molecule has 0 saturated carbocycles. The number of aromatic nitrogens is 2. The molecule has 1 atom stereocenters. The topological polar surface area (TPSA) is 53.1 Å². The zero-order valence-corrected chi connectivity index (χ0v) is 23.3. The van der Waals surface area contributed by atoms with Gasteiger partial charge < -0.3 is 15.5 Å². The summed E-state index contributed by atoms with van der Waals surface area (Å²) < 4.78 is 1.11. The lowest BCUT2D eigenvalue weighted by atomic mass is 9.78. The number of likely N-dealkylation sites (tertiary alicyclic amines) is 1. The van der Waals surface area contributed by atoms with Gasteiger partial charge in [-0.1, -0.05) is 64.5 Å². The van der Waals surface area contributed by atoms with Crippen LogP contribution in [0.15, 0.2) is 83.5 Å². The molecule has 1 aromatic heterocycles. The standard InChI is InChI=1S/C32H34BrN5/c33-26-7-5-6-24(20-26)30-21-25-22-35-32(37-31(25)29-9-2-1-8-28(29)30)36-27-12-10-23(11-13-27)14-15-34-16-19-38-17-3-4-18-38/h1-2,5-13,20,22,30,34H,3-4,14-19,21H2,(H,35,36,37). The summed E-state index contributed by atoms with van der Waals surface area (Å²) in [4.78, 5) is 12.2. The molecule has 1 saturated heterocycles. The highest BCUT2D eigenvalue weighted by Gasteiger charge is 2.27. The van der Waals surface area contributed by atoms with Gasteiger partial charge in [-0.15, -0.1) is 0 Å². The molecule has 0 radical (unpaired) electrons. The van der Waals surface area contributed by atoms with E-state index < -0.39 is 0 Å². The van der Waals surface area contributed by atoms with E-state index in [9.17, 15) is 0 Å². The minimum Gasteiger partial charge on any atom is -0.324 e. The normalized spacial score (nSPS) is 16.7. The summed E-state index contributed by atoms with van der Waals surface area (Å²) in [6.45, 7) is 5.78. The zero-order valence-electron chi connectivity index (χ0n) is 21.7. The van der Waals surface area contributed by atoms with E-state index in [1.165, 1.54) is 60.3 Å². The summed E-state index contributed by atoms with van der Waals surface area (Å²) in [5.41, 5.74) is 8.38. The average molecular weight is 569 g/mol. The molecule has 1 aliphatic heterocycles. The third-order valence-electron chi connectivity index (χ3n) is 7.73. The van der Waals surface area contributed by atoms with Crippen LogP contribution in [0, 0.1) is 0 Å². The van der Waals surface area contributed by atoms with Gasteiger partial charge in [-0.2, -0.15) is 0 Å². The predicted molar refractivity (Wildman–Crippen MR) is 159 cm³/mol. The Kier molecular flexibility index (Phi) is 7.81. The first kappa shape index (κ1) is 25.2. The minimum atomic E-state index is 0.292. The largest absolute Gasteiger partial charge is 0.324 e. The van der Waals surface area contributed by atoms with Crippen LogP contribution in [-0.2, 0) is 12.8 Å². The van der Waals surface area contributed by atoms with Gasteiger partial charge in [0.2, 0.25) is 5.95 Å². The lowest BCUT2D eigenvalue weighted by molar-refractivity contribution is 0.336. The fourth-order valence-corrected chi connectivity index (χ4v) is 6.12. The maximum absolute atomic E-state index is 4.98. The summed E-state index contributed by atoms with van der Waals surface area (Å²) in [5, 5.41) is 7.01. The van der Waals surface area contributed by atoms with Gasteiger partial charge in [-0.05, 0) is 91.8 Å². The van der Waals surface area contributed by atoms with Gasteiger partial charge in [0.15, 0.2) is 0 Å². The van der Waals surface area contributed by atoms with Gasteiger partial charge in [-0.3, -0.25) is 0 Å². The molecule has 2 heterocycles. The Balaban J connectivity index is 1.10. The van der Waals surface area contributed by atoms with Crippen molar-refractivity contribution in [3.63, 3.8) is 0 Å². The number of nitrogens with zero attached hydrogens (tertiary/aromatic N) is 3. The van der Waals surface area contributed by atoms with Crippen molar-refractivity contribution in [2.45, 2.75) is 31.6 Å². The van der Waals surface area contributed by atoms with E-state index in [0.29, 0.717) is 11.9 Å². The Morgan fingerprint density at radius 2 is 1.76 bits per heavy atom. The highest BCUT2D eigenvalue weighted by atomic mass is 79.9. The second kappa shape index (κ2) is 11.8. The highest BCUT2D eigenvalue weighted by molar-refractivity contribution is 9.10. The van der Waals surface area contributed by atoms with Crippen LogP contribution in [-0.4, -0.2) is 47.6 Å². The molecule has 3 aromatic carbocycles. The summed E-state index contributed by atoms with van der Waals surface area (Å²) in [6, 6.07) is 25.9. The summed E-state index contributed by atoms with van der Waals surface area (Å²) >= 11 is 3.64. The van der Waals surface area contributed by atoms with Crippen molar-refractivity contribution >= 4 is 27.6 Å². The summed E-state index contributed by atoms with van der Waals surface area (Å²) in [7, 11) is 0. The number of rotatable bonds is 9. The first-order valence-electron chi connectivity index (χ1n) is 13.7. The third-order valence-corrected chi connectivity index (χ3v) is 8.23. The summed E-state index contributed by atoms with van der Waals surface area (Å²) in [6.07, 6.45) is 6.64. The first-order valence-corrected chi connectivity index (χ1v) is 14.5. The maximum atomic E-state index is 4.98. The van der Waals surface area contributed by atoms with Gasteiger partial charge >= 0.3 is 0 Å². The number of hydrogen-bond donors (Lipinski definition) is 2. The van der Waals surface area contributed by atoms with Crippen LogP contribution in [0.2, 0.25) is 0 Å². The van der Waals surface area contributed by atoms with E-state index in [4.69, 9.17) is 4.98 Å². The SMILES string of the molecule is Brc1cccc(C2Cc3cnc(Nc4ccc(CCNCCN5CCCC5)cc4)nc3-c3ccccc32)c1. The molecule has 5 nitrogen and oxygen atoms in total. The molecule has 0 amide bonds. The monoisotopic (exact) mass is 567 g/mol. The van der Waals surface area contributed by atoms with Crippen LogP contribution in [0.4, 0.5) is 11.6 Å². The van der Waals surface area contributed by atoms with E-state index >= 15 is 0 Å². The lowest BCUT2D eigenvalue weighted by Gasteiger charge is -2.27. The van der Waals surface area contributed by atoms with E-state index in [0.717, 1.165) is 41.8 Å². The van der Waals surface area contributed by atoms with Crippen molar-refractivity contribution in [1.29, 1.82) is 0 Å². The number of benzene rings is 3. The molecule has 2 aliphatic rings. The van der Waals surface area contributed by atoms with Gasteiger partial charge in [0.05, 0.1) is 5.69 Å². The molecule has 194 valence electrons. The van der Waals surface area contributed by atoms with Crippen LogP contribution in [0.25, 0.3) is 11.3 Å². The molecule has 0 spiro atoms. The van der Waals surface area contributed by atoms with Gasteiger partial charge in [0.25, 0.3) is 0 Å². The molecular formula is C32H34BrN5. The van der Waals surface area contributed by atoms with E-state index in [2.05, 4.69) is 109 Å². The maximum Gasteiger partial charge on any atom is 0.227 e. The van der Waals surface area contributed by atoms with Crippen LogP contribution < -0.4 is 10.6 Å². The van der Waals surface area contributed by atoms with Crippen LogP contribution >= 0.6 is 15.9 Å². The Bertz CT molecular complexity index is 1380. The number of nitrogens with one attached hydrogen (secondary N) is 2. The second-order valence-electron chi connectivity index (χ2n) is 10.3. The van der Waals surface area contributed by atoms with Crippen molar-refractivity contribution in [1.82, 2.24) is 20.2 Å². The van der Waals surface area contributed by atoms with Crippen LogP contribution in [0.3, 0.4) is 0 Å². The minimum absolute atomic E-state index is 0.292. The van der Waals surface area contributed by atoms with E-state index in [1.54, 1.807) is 0 Å². The van der Waals surface area contributed by atoms with Crippen LogP contribution in [0.1, 0.15) is 41.0 Å². The fourth-order valence-electron chi connectivity index (χ4n) is 5.70. The zero-order chi connectivity index (χ0) is 25.7. The fraction of sp³-hybridized carbons (Fsp3) is 0.312. The lowest BCUT2D eigenvalue weighted by Crippen LogP contribution is -2.30. The van der Waals surface area contributed by atoms with Crippen molar-refractivity contribution in [3.05, 3.63) is 106 Å². The number of halogens is 1. The van der Waals surface area contributed by atoms with Gasteiger partial charge in [0.1, 0.15) is 0 Å². The Hall–Kier alpha value is -3.06. The molecule has 1 unspecified atom stereocenters. The molecule has 1 aliphatic carbocycles. The van der Waals surface area contributed by atoms with Crippen molar-refractivity contribution in [2.75, 3.05) is 38.0 Å². The molecule has 6 heteroatoms. The molecule has 38 heavy (non-hydrogen) atoms. The van der Waals surface area contributed by atoms with Crippen molar-refractivity contribution < 1.29 is 0 Å². The van der Waals surface area contributed by atoms with Crippen molar-refractivity contribution in [3.8, 4) is 11.3 Å². The Morgan fingerprint density at radius 3 is 2.61 bits per heavy atom. The Morgan fingerprint density at radius 1 is 0.921 bits per heavy atom. The highest BCUT2D eigenvalue weighted by Crippen LogP contribution is 2.42. The third kappa shape index (κ3) is 5.83. The molecule has 4 aromatic rings. The number of anilines is 2.